The number of hydrogen-bond donors (Lipinski definition) is 1. The van der Waals surface area contributed by atoms with Gasteiger partial charge in [-0.1, -0.05) is 6.07 Å². The molecule has 0 unspecified atom stereocenters. The van der Waals surface area contributed by atoms with Crippen LogP contribution in [0.4, 0.5) is 0 Å². The lowest BCUT2D eigenvalue weighted by Crippen LogP contribution is -2.01. The first-order valence-corrected chi connectivity index (χ1v) is 6.10. The number of pyridine rings is 1. The summed E-state index contributed by atoms with van der Waals surface area (Å²) in [6, 6.07) is 11.7. The average molecular weight is 254 g/mol. The predicted molar refractivity (Wildman–Crippen MR) is 72.7 cm³/mol. The van der Waals surface area contributed by atoms with Crippen LogP contribution >= 0.6 is 0 Å². The van der Waals surface area contributed by atoms with E-state index in [4.69, 9.17) is 14.9 Å². The van der Waals surface area contributed by atoms with Gasteiger partial charge >= 0.3 is 0 Å². The number of fused-ring (bicyclic) bond motifs is 1. The lowest BCUT2D eigenvalue weighted by atomic mass is 10.2. The van der Waals surface area contributed by atoms with E-state index < -0.39 is 0 Å². The minimum absolute atomic E-state index is 0.380. The molecule has 0 aliphatic rings. The number of aromatic nitrogens is 1. The van der Waals surface area contributed by atoms with Crippen LogP contribution in [0.1, 0.15) is 11.3 Å². The van der Waals surface area contributed by atoms with Crippen molar-refractivity contribution < 1.29 is 9.15 Å². The maximum atomic E-state index is 5.75. The molecule has 3 rings (SSSR count). The molecule has 0 atom stereocenters. The first kappa shape index (κ1) is 11.7. The Morgan fingerprint density at radius 3 is 3.05 bits per heavy atom. The van der Waals surface area contributed by atoms with E-state index in [1.165, 1.54) is 0 Å². The molecule has 3 aromatic rings. The molecule has 96 valence electrons. The quantitative estimate of drug-likeness (QED) is 0.777. The highest BCUT2D eigenvalue weighted by molar-refractivity contribution is 5.79. The Bertz CT molecular complexity index is 691. The SMILES string of the molecule is NCc1occc1COc1ccc2cccnc2c1. The topological polar surface area (TPSA) is 61.3 Å². The van der Waals surface area contributed by atoms with E-state index in [1.54, 1.807) is 12.5 Å². The van der Waals surface area contributed by atoms with E-state index in [1.807, 2.05) is 36.4 Å². The van der Waals surface area contributed by atoms with Crippen molar-refractivity contribution in [3.63, 3.8) is 0 Å². The van der Waals surface area contributed by atoms with Gasteiger partial charge in [-0.2, -0.15) is 0 Å². The van der Waals surface area contributed by atoms with Crippen LogP contribution in [0, 0.1) is 0 Å². The van der Waals surface area contributed by atoms with Crippen molar-refractivity contribution in [1.29, 1.82) is 0 Å². The summed E-state index contributed by atoms with van der Waals surface area (Å²) >= 11 is 0. The second-order valence-electron chi connectivity index (χ2n) is 4.22. The van der Waals surface area contributed by atoms with E-state index in [0.717, 1.165) is 28.0 Å². The molecule has 0 bridgehead atoms. The molecule has 0 aliphatic carbocycles. The summed E-state index contributed by atoms with van der Waals surface area (Å²) in [5.41, 5.74) is 7.48. The standard InChI is InChI=1S/C15H14N2O2/c16-9-15-12(5-7-18-15)10-19-13-4-3-11-2-1-6-17-14(11)8-13/h1-8H,9-10,16H2. The molecular formula is C15H14N2O2. The molecule has 1 aromatic carbocycles. The summed E-state index contributed by atoms with van der Waals surface area (Å²) in [5.74, 6) is 1.55. The van der Waals surface area contributed by atoms with Crippen LogP contribution in [0.2, 0.25) is 0 Å². The number of furan rings is 1. The summed E-state index contributed by atoms with van der Waals surface area (Å²) in [6.07, 6.45) is 3.40. The average Bonchev–Trinajstić information content (AvgIpc) is 2.92. The summed E-state index contributed by atoms with van der Waals surface area (Å²) in [5, 5.41) is 1.10. The summed E-state index contributed by atoms with van der Waals surface area (Å²) in [6.45, 7) is 0.826. The minimum atomic E-state index is 0.380. The number of rotatable bonds is 4. The van der Waals surface area contributed by atoms with Crippen molar-refractivity contribution in [2.75, 3.05) is 0 Å². The van der Waals surface area contributed by atoms with Gasteiger partial charge in [-0.25, -0.2) is 0 Å². The Morgan fingerprint density at radius 2 is 2.16 bits per heavy atom. The summed E-state index contributed by atoms with van der Waals surface area (Å²) < 4.78 is 11.0. The second kappa shape index (κ2) is 5.12. The monoisotopic (exact) mass is 254 g/mol. The highest BCUT2D eigenvalue weighted by Crippen LogP contribution is 2.20. The molecule has 4 nitrogen and oxygen atoms in total. The van der Waals surface area contributed by atoms with Gasteiger partial charge in [0.05, 0.1) is 18.3 Å². The van der Waals surface area contributed by atoms with Gasteiger partial charge in [0.2, 0.25) is 0 Å². The van der Waals surface area contributed by atoms with Crippen molar-refractivity contribution in [2.24, 2.45) is 5.73 Å². The molecular weight excluding hydrogens is 240 g/mol. The summed E-state index contributed by atoms with van der Waals surface area (Å²) in [4.78, 5) is 4.30. The fourth-order valence-corrected chi connectivity index (χ4v) is 1.97. The van der Waals surface area contributed by atoms with Crippen LogP contribution in [0.3, 0.4) is 0 Å². The van der Waals surface area contributed by atoms with E-state index in [9.17, 15) is 0 Å². The molecule has 19 heavy (non-hydrogen) atoms. The molecule has 0 spiro atoms. The zero-order valence-corrected chi connectivity index (χ0v) is 10.4. The van der Waals surface area contributed by atoms with Crippen LogP contribution in [0.25, 0.3) is 10.9 Å². The van der Waals surface area contributed by atoms with E-state index in [-0.39, 0.29) is 0 Å². The number of benzene rings is 1. The van der Waals surface area contributed by atoms with Gasteiger partial charge in [-0.15, -0.1) is 0 Å². The predicted octanol–water partition coefficient (Wildman–Crippen LogP) is 2.87. The number of nitrogens with two attached hydrogens (primary N) is 1. The molecule has 0 saturated carbocycles. The number of nitrogens with zero attached hydrogens (tertiary/aromatic N) is 1. The van der Waals surface area contributed by atoms with E-state index in [2.05, 4.69) is 4.98 Å². The Balaban J connectivity index is 1.78. The Kier molecular flexibility index (Phi) is 3.16. The summed E-state index contributed by atoms with van der Waals surface area (Å²) in [7, 11) is 0. The van der Waals surface area contributed by atoms with Crippen molar-refractivity contribution in [2.45, 2.75) is 13.2 Å². The van der Waals surface area contributed by atoms with Crippen LogP contribution in [-0.4, -0.2) is 4.98 Å². The van der Waals surface area contributed by atoms with Crippen molar-refractivity contribution in [1.82, 2.24) is 4.98 Å². The fourth-order valence-electron chi connectivity index (χ4n) is 1.97. The zero-order chi connectivity index (χ0) is 13.1. The van der Waals surface area contributed by atoms with Crippen LogP contribution < -0.4 is 10.5 Å². The highest BCUT2D eigenvalue weighted by atomic mass is 16.5. The first-order valence-electron chi connectivity index (χ1n) is 6.10. The smallest absolute Gasteiger partial charge is 0.123 e. The Hall–Kier alpha value is -2.33. The lowest BCUT2D eigenvalue weighted by Gasteiger charge is -2.06. The number of hydrogen-bond acceptors (Lipinski definition) is 4. The van der Waals surface area contributed by atoms with Gasteiger partial charge < -0.3 is 14.9 Å². The normalized spacial score (nSPS) is 10.8. The third-order valence-corrected chi connectivity index (χ3v) is 2.99. The van der Waals surface area contributed by atoms with E-state index >= 15 is 0 Å². The molecule has 0 fully saturated rings. The maximum absolute atomic E-state index is 5.75. The van der Waals surface area contributed by atoms with Gasteiger partial charge in [-0.3, -0.25) is 4.98 Å². The van der Waals surface area contributed by atoms with Gasteiger partial charge in [0, 0.05) is 23.2 Å². The van der Waals surface area contributed by atoms with Crippen molar-refractivity contribution >= 4 is 10.9 Å². The molecule has 0 saturated heterocycles. The third-order valence-electron chi connectivity index (χ3n) is 2.99. The molecule has 0 amide bonds. The lowest BCUT2D eigenvalue weighted by molar-refractivity contribution is 0.302. The van der Waals surface area contributed by atoms with Gasteiger partial charge in [0.25, 0.3) is 0 Å². The van der Waals surface area contributed by atoms with Crippen LogP contribution in [0.5, 0.6) is 5.75 Å². The fraction of sp³-hybridized carbons (Fsp3) is 0.133. The minimum Gasteiger partial charge on any atom is -0.489 e. The van der Waals surface area contributed by atoms with Crippen molar-refractivity contribution in [3.05, 3.63) is 60.2 Å². The highest BCUT2D eigenvalue weighted by Gasteiger charge is 2.05. The van der Waals surface area contributed by atoms with E-state index in [0.29, 0.717) is 13.2 Å². The maximum Gasteiger partial charge on any atom is 0.123 e. The first-order chi connectivity index (χ1) is 9.36. The molecule has 0 aliphatic heterocycles. The molecule has 0 radical (unpaired) electrons. The largest absolute Gasteiger partial charge is 0.489 e. The molecule has 2 N–H and O–H groups in total. The van der Waals surface area contributed by atoms with Gasteiger partial charge in [0.15, 0.2) is 0 Å². The van der Waals surface area contributed by atoms with Gasteiger partial charge in [0.1, 0.15) is 18.1 Å². The molecule has 4 heteroatoms. The Labute approximate surface area is 110 Å². The third kappa shape index (κ3) is 2.44. The van der Waals surface area contributed by atoms with Crippen LogP contribution in [0.15, 0.2) is 53.3 Å². The Morgan fingerprint density at radius 1 is 1.21 bits per heavy atom. The van der Waals surface area contributed by atoms with Gasteiger partial charge in [-0.05, 0) is 24.3 Å². The molecule has 2 aromatic heterocycles. The van der Waals surface area contributed by atoms with Crippen molar-refractivity contribution in [3.8, 4) is 5.75 Å². The zero-order valence-electron chi connectivity index (χ0n) is 10.4. The number of ether oxygens (including phenoxy) is 1. The second-order valence-corrected chi connectivity index (χ2v) is 4.22. The van der Waals surface area contributed by atoms with Crippen LogP contribution in [-0.2, 0) is 13.2 Å². The molecule has 2 heterocycles.